The van der Waals surface area contributed by atoms with Crippen LogP contribution in [0.5, 0.6) is 0 Å². The second-order valence-electron chi connectivity index (χ2n) is 5.34. The van der Waals surface area contributed by atoms with Crippen molar-refractivity contribution in [3.8, 4) is 0 Å². The minimum atomic E-state index is -4.72. The average molecular weight is 328 g/mol. The first-order chi connectivity index (χ1) is 10.6. The van der Waals surface area contributed by atoms with Crippen LogP contribution in [-0.4, -0.2) is 27.2 Å². The van der Waals surface area contributed by atoms with Crippen molar-refractivity contribution < 1.29 is 22.8 Å². The molecule has 1 atom stereocenters. The topological polar surface area (TPSA) is 89.5 Å². The van der Waals surface area contributed by atoms with Crippen molar-refractivity contribution in [1.82, 2.24) is 14.7 Å². The van der Waals surface area contributed by atoms with Crippen molar-refractivity contribution in [2.24, 2.45) is 11.7 Å². The number of nitrogens with zero attached hydrogens (tertiary/aromatic N) is 2. The van der Waals surface area contributed by atoms with Crippen LogP contribution in [0.25, 0.3) is 5.52 Å². The normalized spacial score (nSPS) is 13.3. The van der Waals surface area contributed by atoms with Crippen molar-refractivity contribution in [3.05, 3.63) is 35.9 Å². The van der Waals surface area contributed by atoms with Crippen LogP contribution in [0, 0.1) is 5.92 Å². The fourth-order valence-electron chi connectivity index (χ4n) is 2.18. The van der Waals surface area contributed by atoms with Gasteiger partial charge in [-0.25, -0.2) is 4.98 Å². The van der Waals surface area contributed by atoms with Gasteiger partial charge in [-0.1, -0.05) is 19.9 Å². The van der Waals surface area contributed by atoms with Crippen LogP contribution < -0.4 is 11.1 Å². The molecule has 3 N–H and O–H groups in total. The van der Waals surface area contributed by atoms with Gasteiger partial charge in [-0.15, -0.1) is 0 Å². The number of aromatic nitrogens is 2. The minimum Gasteiger partial charge on any atom is -0.368 e. The van der Waals surface area contributed by atoms with E-state index in [1.807, 2.05) is 0 Å². The number of rotatable bonds is 4. The Balaban J connectivity index is 2.48. The van der Waals surface area contributed by atoms with E-state index in [0.717, 1.165) is 10.6 Å². The van der Waals surface area contributed by atoms with E-state index in [0.29, 0.717) is 0 Å². The number of carbonyl (C=O) groups is 2. The summed E-state index contributed by atoms with van der Waals surface area (Å²) >= 11 is 0. The SMILES string of the molecule is CC(C)[C@@H](NC(=O)c1nc(C(F)(F)F)n2ccccc12)C(N)=O. The van der Waals surface area contributed by atoms with E-state index in [1.54, 1.807) is 13.8 Å². The summed E-state index contributed by atoms with van der Waals surface area (Å²) in [6, 6.07) is 3.22. The monoisotopic (exact) mass is 328 g/mol. The van der Waals surface area contributed by atoms with Gasteiger partial charge in [0.05, 0.1) is 5.52 Å². The largest absolute Gasteiger partial charge is 0.450 e. The van der Waals surface area contributed by atoms with Crippen molar-refractivity contribution in [3.63, 3.8) is 0 Å². The highest BCUT2D eigenvalue weighted by atomic mass is 19.4. The third-order valence-corrected chi connectivity index (χ3v) is 3.28. The summed E-state index contributed by atoms with van der Waals surface area (Å²) in [6.07, 6.45) is -3.56. The van der Waals surface area contributed by atoms with E-state index >= 15 is 0 Å². The van der Waals surface area contributed by atoms with Crippen molar-refractivity contribution in [1.29, 1.82) is 0 Å². The molecule has 9 heteroatoms. The number of hydrogen-bond acceptors (Lipinski definition) is 3. The number of nitrogens with two attached hydrogens (primary N) is 1. The smallest absolute Gasteiger partial charge is 0.368 e. The summed E-state index contributed by atoms with van der Waals surface area (Å²) in [4.78, 5) is 27.0. The lowest BCUT2D eigenvalue weighted by Gasteiger charge is -2.18. The zero-order valence-electron chi connectivity index (χ0n) is 12.4. The van der Waals surface area contributed by atoms with Gasteiger partial charge in [0.2, 0.25) is 11.7 Å². The lowest BCUT2D eigenvalue weighted by Crippen LogP contribution is -2.47. The summed E-state index contributed by atoms with van der Waals surface area (Å²) < 4.78 is 39.9. The van der Waals surface area contributed by atoms with E-state index < -0.39 is 35.6 Å². The summed E-state index contributed by atoms with van der Waals surface area (Å²) in [7, 11) is 0. The number of nitrogens with one attached hydrogen (secondary N) is 1. The van der Waals surface area contributed by atoms with Crippen LogP contribution in [0.4, 0.5) is 13.2 Å². The number of imidazole rings is 1. The first kappa shape index (κ1) is 16.8. The van der Waals surface area contributed by atoms with Crippen molar-refractivity contribution in [2.75, 3.05) is 0 Å². The van der Waals surface area contributed by atoms with Crippen LogP contribution in [0.2, 0.25) is 0 Å². The number of hydrogen-bond donors (Lipinski definition) is 2. The fraction of sp³-hybridized carbons (Fsp3) is 0.357. The molecule has 0 saturated heterocycles. The van der Waals surface area contributed by atoms with Crippen LogP contribution in [0.1, 0.15) is 30.2 Å². The number of amides is 2. The van der Waals surface area contributed by atoms with Gasteiger partial charge in [0.1, 0.15) is 6.04 Å². The van der Waals surface area contributed by atoms with Gasteiger partial charge in [0.15, 0.2) is 5.69 Å². The Bertz CT molecular complexity index is 752. The van der Waals surface area contributed by atoms with Crippen LogP contribution >= 0.6 is 0 Å². The summed E-state index contributed by atoms with van der Waals surface area (Å²) in [5.41, 5.74) is 4.77. The standard InChI is InChI=1S/C14H15F3N4O2/c1-7(2)9(11(18)22)19-12(23)10-8-5-3-4-6-21(8)13(20-10)14(15,16)17/h3-7,9H,1-2H3,(H2,18,22)(H,19,23)/t9-/m1/s1. The molecule has 0 saturated carbocycles. The first-order valence-electron chi connectivity index (χ1n) is 6.77. The van der Waals surface area contributed by atoms with E-state index in [1.165, 1.54) is 18.2 Å². The Hall–Kier alpha value is -2.58. The Morgan fingerprint density at radius 2 is 1.96 bits per heavy atom. The Morgan fingerprint density at radius 1 is 1.30 bits per heavy atom. The van der Waals surface area contributed by atoms with Gasteiger partial charge in [0, 0.05) is 6.20 Å². The summed E-state index contributed by atoms with van der Waals surface area (Å²) in [5.74, 6) is -3.18. The number of carbonyl (C=O) groups excluding carboxylic acids is 2. The Morgan fingerprint density at radius 3 is 2.48 bits per heavy atom. The predicted molar refractivity (Wildman–Crippen MR) is 75.5 cm³/mol. The maximum Gasteiger partial charge on any atom is 0.450 e. The first-order valence-corrected chi connectivity index (χ1v) is 6.77. The molecule has 0 aliphatic heterocycles. The van der Waals surface area contributed by atoms with Gasteiger partial charge < -0.3 is 11.1 Å². The maximum absolute atomic E-state index is 13.0. The highest BCUT2D eigenvalue weighted by Gasteiger charge is 2.38. The molecule has 0 aromatic carbocycles. The third kappa shape index (κ3) is 3.27. The molecule has 2 rings (SSSR count). The maximum atomic E-state index is 13.0. The molecule has 0 bridgehead atoms. The number of primary amides is 1. The third-order valence-electron chi connectivity index (χ3n) is 3.28. The van der Waals surface area contributed by atoms with Gasteiger partial charge in [0.25, 0.3) is 5.91 Å². The molecule has 6 nitrogen and oxygen atoms in total. The molecule has 0 spiro atoms. The number of alkyl halides is 3. The second kappa shape index (κ2) is 5.90. The van der Waals surface area contributed by atoms with Crippen LogP contribution in [0.15, 0.2) is 24.4 Å². The Kier molecular flexibility index (Phi) is 4.31. The predicted octanol–water partition coefficient (Wildman–Crippen LogP) is 1.59. The molecule has 2 aromatic rings. The fourth-order valence-corrected chi connectivity index (χ4v) is 2.18. The molecule has 23 heavy (non-hydrogen) atoms. The minimum absolute atomic E-state index is 0.00991. The summed E-state index contributed by atoms with van der Waals surface area (Å²) in [6.45, 7) is 3.31. The molecule has 0 aliphatic rings. The molecule has 0 unspecified atom stereocenters. The molecule has 124 valence electrons. The molecular weight excluding hydrogens is 313 g/mol. The molecular formula is C14H15F3N4O2. The molecule has 0 radical (unpaired) electrons. The molecule has 2 amide bonds. The Labute approximate surface area is 129 Å². The lowest BCUT2D eigenvalue weighted by molar-refractivity contribution is -0.145. The zero-order chi connectivity index (χ0) is 17.4. The highest BCUT2D eigenvalue weighted by Crippen LogP contribution is 2.30. The van der Waals surface area contributed by atoms with Crippen molar-refractivity contribution >= 4 is 17.3 Å². The zero-order valence-corrected chi connectivity index (χ0v) is 12.4. The van der Waals surface area contributed by atoms with Crippen LogP contribution in [-0.2, 0) is 11.0 Å². The van der Waals surface area contributed by atoms with E-state index in [2.05, 4.69) is 10.3 Å². The number of fused-ring (bicyclic) bond motifs is 1. The van der Waals surface area contributed by atoms with Gasteiger partial charge >= 0.3 is 6.18 Å². The van der Waals surface area contributed by atoms with E-state index in [4.69, 9.17) is 5.73 Å². The van der Waals surface area contributed by atoms with Gasteiger partial charge in [-0.2, -0.15) is 13.2 Å². The van der Waals surface area contributed by atoms with Crippen molar-refractivity contribution in [2.45, 2.75) is 26.1 Å². The average Bonchev–Trinajstić information content (AvgIpc) is 2.83. The summed E-state index contributed by atoms with van der Waals surface area (Å²) in [5, 5.41) is 2.33. The van der Waals surface area contributed by atoms with Gasteiger partial charge in [-0.05, 0) is 18.1 Å². The quantitative estimate of drug-likeness (QED) is 0.893. The molecule has 2 heterocycles. The number of pyridine rings is 1. The number of halogens is 3. The van der Waals surface area contributed by atoms with E-state index in [-0.39, 0.29) is 11.4 Å². The molecule has 0 aliphatic carbocycles. The second-order valence-corrected chi connectivity index (χ2v) is 5.34. The van der Waals surface area contributed by atoms with Gasteiger partial charge in [-0.3, -0.25) is 14.0 Å². The molecule has 0 fully saturated rings. The lowest BCUT2D eigenvalue weighted by atomic mass is 10.0. The van der Waals surface area contributed by atoms with E-state index in [9.17, 15) is 22.8 Å². The highest BCUT2D eigenvalue weighted by molar-refractivity contribution is 6.01. The van der Waals surface area contributed by atoms with Crippen LogP contribution in [0.3, 0.4) is 0 Å². The molecule has 2 aromatic heterocycles.